The molecule has 0 amide bonds. The van der Waals surface area contributed by atoms with Crippen LogP contribution in [0.15, 0.2) is 0 Å². The quantitative estimate of drug-likeness (QED) is 0.404. The van der Waals surface area contributed by atoms with Crippen molar-refractivity contribution in [3.05, 3.63) is 0 Å². The van der Waals surface area contributed by atoms with Gasteiger partial charge in [-0.05, 0) is 0 Å². The number of ether oxygens (including phenoxy) is 5. The van der Waals surface area contributed by atoms with Crippen molar-refractivity contribution in [2.24, 2.45) is 0 Å². The van der Waals surface area contributed by atoms with Crippen molar-refractivity contribution in [2.45, 2.75) is 52.1 Å². The summed E-state index contributed by atoms with van der Waals surface area (Å²) < 4.78 is 24.9. The molecule has 0 aromatic heterocycles. The number of carbonyl (C=O) groups excluding carboxylic acids is 4. The van der Waals surface area contributed by atoms with Gasteiger partial charge in [-0.3, -0.25) is 19.2 Å². The van der Waals surface area contributed by atoms with E-state index < -0.39 is 54.9 Å². The molecular weight excluding hydrogens is 338 g/mol. The maximum absolute atomic E-state index is 11.4. The largest absolute Gasteiger partial charge is 0.462 e. The van der Waals surface area contributed by atoms with Crippen LogP contribution in [0.25, 0.3) is 0 Å². The topological polar surface area (TPSA) is 138 Å². The van der Waals surface area contributed by atoms with Crippen LogP contribution in [-0.4, -0.2) is 62.0 Å². The van der Waals surface area contributed by atoms with E-state index in [1.807, 2.05) is 0 Å². The van der Waals surface area contributed by atoms with Gasteiger partial charge in [0.1, 0.15) is 18.8 Å². The van der Waals surface area contributed by atoms with Crippen molar-refractivity contribution < 1.29 is 42.9 Å². The predicted molar refractivity (Wildman–Crippen MR) is 79.7 cm³/mol. The number of methoxy groups -OCH3 is 1. The summed E-state index contributed by atoms with van der Waals surface area (Å²) in [5.74, 6) is -2.94. The molecule has 25 heavy (non-hydrogen) atoms. The Morgan fingerprint density at radius 3 is 1.72 bits per heavy atom. The van der Waals surface area contributed by atoms with Crippen molar-refractivity contribution in [3.8, 4) is 6.07 Å². The van der Waals surface area contributed by atoms with Crippen LogP contribution in [0.2, 0.25) is 0 Å². The van der Waals surface area contributed by atoms with Crippen LogP contribution in [0.5, 0.6) is 0 Å². The van der Waals surface area contributed by atoms with E-state index in [2.05, 4.69) is 0 Å². The third-order valence-corrected chi connectivity index (χ3v) is 2.75. The second kappa shape index (κ2) is 11.0. The highest BCUT2D eigenvalue weighted by molar-refractivity contribution is 5.68. The number of esters is 4. The van der Waals surface area contributed by atoms with Gasteiger partial charge in [-0.2, -0.15) is 5.26 Å². The molecule has 140 valence electrons. The summed E-state index contributed by atoms with van der Waals surface area (Å²) >= 11 is 0. The number of nitrogens with zero attached hydrogens (tertiary/aromatic N) is 1. The average molecular weight is 359 g/mol. The average Bonchev–Trinajstić information content (AvgIpc) is 2.48. The molecular formula is C15H21NO9. The van der Waals surface area contributed by atoms with Crippen LogP contribution in [-0.2, 0) is 42.9 Å². The van der Waals surface area contributed by atoms with E-state index in [1.165, 1.54) is 7.11 Å². The number of hydrogen-bond acceptors (Lipinski definition) is 10. The molecule has 0 fully saturated rings. The van der Waals surface area contributed by atoms with Crippen molar-refractivity contribution >= 4 is 23.9 Å². The van der Waals surface area contributed by atoms with Gasteiger partial charge in [-0.25, -0.2) is 0 Å². The number of rotatable bonds is 9. The van der Waals surface area contributed by atoms with Gasteiger partial charge in [0.25, 0.3) is 0 Å². The van der Waals surface area contributed by atoms with Crippen molar-refractivity contribution in [3.63, 3.8) is 0 Å². The van der Waals surface area contributed by atoms with Crippen molar-refractivity contribution in [1.82, 2.24) is 0 Å². The summed E-state index contributed by atoms with van der Waals surface area (Å²) in [5, 5.41) is 9.20. The van der Waals surface area contributed by atoms with Gasteiger partial charge in [-0.15, -0.1) is 0 Å². The van der Waals surface area contributed by atoms with Crippen LogP contribution >= 0.6 is 0 Å². The maximum atomic E-state index is 11.4. The van der Waals surface area contributed by atoms with Gasteiger partial charge in [-0.1, -0.05) is 0 Å². The van der Waals surface area contributed by atoms with E-state index in [9.17, 15) is 24.4 Å². The standard InChI is InChI=1S/C15H21NO9/c1-8(17)22-7-13(24-10(3)19)15(25-11(4)20)14(21-5)12(6-16)23-9(2)18/h12-15H,7H2,1-5H3/t12-,13+,14+,15+/m1/s1. The molecule has 0 saturated carbocycles. The first kappa shape index (κ1) is 22.3. The molecule has 0 rings (SSSR count). The monoisotopic (exact) mass is 359 g/mol. The summed E-state index contributed by atoms with van der Waals surface area (Å²) in [6, 6.07) is 1.70. The Balaban J connectivity index is 5.70. The molecule has 0 aliphatic heterocycles. The Morgan fingerprint density at radius 1 is 0.840 bits per heavy atom. The number of nitriles is 1. The Morgan fingerprint density at radius 2 is 1.36 bits per heavy atom. The normalized spacial score (nSPS) is 14.9. The lowest BCUT2D eigenvalue weighted by atomic mass is 10.0. The minimum Gasteiger partial charge on any atom is -0.462 e. The SMILES string of the molecule is CO[C@H]([C@@H](OC(C)=O)[C@H](COC(C)=O)OC(C)=O)[C@@H](C#N)OC(C)=O. The highest BCUT2D eigenvalue weighted by Crippen LogP contribution is 2.18. The summed E-state index contributed by atoms with van der Waals surface area (Å²) in [4.78, 5) is 44.9. The van der Waals surface area contributed by atoms with Gasteiger partial charge < -0.3 is 23.7 Å². The second-order valence-corrected chi connectivity index (χ2v) is 4.88. The molecule has 0 saturated heterocycles. The molecule has 0 unspecified atom stereocenters. The summed E-state index contributed by atoms with van der Waals surface area (Å²) in [6.45, 7) is 3.95. The van der Waals surface area contributed by atoms with Crippen LogP contribution < -0.4 is 0 Å². The van der Waals surface area contributed by atoms with E-state index in [0.717, 1.165) is 27.7 Å². The molecule has 0 radical (unpaired) electrons. The molecule has 0 spiro atoms. The van der Waals surface area contributed by atoms with E-state index >= 15 is 0 Å². The molecule has 10 heteroatoms. The maximum Gasteiger partial charge on any atom is 0.304 e. The minimum absolute atomic E-state index is 0.453. The summed E-state index contributed by atoms with van der Waals surface area (Å²) in [6.07, 6.45) is -5.39. The predicted octanol–water partition coefficient (Wildman–Crippen LogP) is -0.117. The first-order valence-electron chi connectivity index (χ1n) is 7.19. The van der Waals surface area contributed by atoms with Crippen LogP contribution in [0, 0.1) is 11.3 Å². The summed E-state index contributed by atoms with van der Waals surface area (Å²) in [5.41, 5.74) is 0. The van der Waals surface area contributed by atoms with Crippen LogP contribution in [0.4, 0.5) is 0 Å². The Labute approximate surface area is 144 Å². The van der Waals surface area contributed by atoms with E-state index in [-0.39, 0.29) is 0 Å². The first-order valence-corrected chi connectivity index (χ1v) is 7.19. The minimum atomic E-state index is -1.46. The number of hydrogen-bond donors (Lipinski definition) is 0. The molecule has 10 nitrogen and oxygen atoms in total. The summed E-state index contributed by atoms with van der Waals surface area (Å²) in [7, 11) is 1.19. The first-order chi connectivity index (χ1) is 11.6. The van der Waals surface area contributed by atoms with Gasteiger partial charge >= 0.3 is 23.9 Å². The molecule has 0 aliphatic carbocycles. The lowest BCUT2D eigenvalue weighted by Gasteiger charge is -2.32. The van der Waals surface area contributed by atoms with Gasteiger partial charge in [0.05, 0.1) is 0 Å². The molecule has 0 N–H and O–H groups in total. The molecule has 0 aliphatic rings. The van der Waals surface area contributed by atoms with Crippen molar-refractivity contribution in [1.29, 1.82) is 5.26 Å². The third kappa shape index (κ3) is 8.66. The molecule has 0 bridgehead atoms. The fourth-order valence-corrected chi connectivity index (χ4v) is 1.93. The zero-order chi connectivity index (χ0) is 19.6. The Kier molecular flexibility index (Phi) is 9.81. The highest BCUT2D eigenvalue weighted by atomic mass is 16.6. The second-order valence-electron chi connectivity index (χ2n) is 4.88. The van der Waals surface area contributed by atoms with Crippen LogP contribution in [0.1, 0.15) is 27.7 Å². The zero-order valence-corrected chi connectivity index (χ0v) is 14.6. The molecule has 0 aromatic carbocycles. The molecule has 4 atom stereocenters. The van der Waals surface area contributed by atoms with Crippen molar-refractivity contribution in [2.75, 3.05) is 13.7 Å². The molecule has 0 heterocycles. The van der Waals surface area contributed by atoms with Crippen LogP contribution in [0.3, 0.4) is 0 Å². The Hall–Kier alpha value is -2.67. The van der Waals surface area contributed by atoms with E-state index in [1.54, 1.807) is 6.07 Å². The number of carbonyl (C=O) groups is 4. The van der Waals surface area contributed by atoms with Gasteiger partial charge in [0, 0.05) is 34.8 Å². The van der Waals surface area contributed by atoms with Gasteiger partial charge in [0.15, 0.2) is 12.2 Å². The van der Waals surface area contributed by atoms with E-state index in [0.29, 0.717) is 0 Å². The smallest absolute Gasteiger partial charge is 0.304 e. The van der Waals surface area contributed by atoms with E-state index in [4.69, 9.17) is 23.7 Å². The third-order valence-electron chi connectivity index (χ3n) is 2.75. The lowest BCUT2D eigenvalue weighted by Crippen LogP contribution is -2.51. The Bertz CT molecular complexity index is 540. The fraction of sp³-hybridized carbons (Fsp3) is 0.667. The van der Waals surface area contributed by atoms with Gasteiger partial charge in [0.2, 0.25) is 6.10 Å². The fourth-order valence-electron chi connectivity index (χ4n) is 1.93. The highest BCUT2D eigenvalue weighted by Gasteiger charge is 2.42. The lowest BCUT2D eigenvalue weighted by molar-refractivity contribution is -0.192. The molecule has 0 aromatic rings. The zero-order valence-electron chi connectivity index (χ0n) is 14.6.